The van der Waals surface area contributed by atoms with Crippen molar-refractivity contribution in [2.24, 2.45) is 4.99 Å². The van der Waals surface area contributed by atoms with Crippen LogP contribution in [-0.2, 0) is 16.4 Å². The molecule has 0 spiro atoms. The Bertz CT molecular complexity index is 1130. The van der Waals surface area contributed by atoms with Crippen molar-refractivity contribution in [2.75, 3.05) is 25.0 Å². The van der Waals surface area contributed by atoms with Gasteiger partial charge in [0.2, 0.25) is 0 Å². The lowest BCUT2D eigenvalue weighted by atomic mass is 10.1. The first-order valence-corrected chi connectivity index (χ1v) is 10.8. The van der Waals surface area contributed by atoms with E-state index in [9.17, 15) is 8.42 Å². The molecule has 150 valence electrons. The van der Waals surface area contributed by atoms with Crippen molar-refractivity contribution in [2.45, 2.75) is 13.3 Å². The molecule has 0 aromatic heterocycles. The van der Waals surface area contributed by atoms with E-state index < -0.39 is 10.0 Å². The van der Waals surface area contributed by atoms with Gasteiger partial charge in [0.05, 0.1) is 18.5 Å². The molecule has 0 aliphatic carbocycles. The second-order valence-electron chi connectivity index (χ2n) is 7.06. The van der Waals surface area contributed by atoms with Crippen LogP contribution >= 0.6 is 0 Å². The average Bonchev–Trinajstić information content (AvgIpc) is 2.80. The average molecular weight is 410 g/mol. The highest BCUT2D eigenvalue weighted by Crippen LogP contribution is 2.37. The highest BCUT2D eigenvalue weighted by atomic mass is 32.2. The quantitative estimate of drug-likeness (QED) is 0.771. The van der Waals surface area contributed by atoms with Crippen LogP contribution in [0.25, 0.3) is 0 Å². The van der Waals surface area contributed by atoms with Crippen LogP contribution < -0.4 is 9.04 Å². The van der Waals surface area contributed by atoms with Gasteiger partial charge in [0.1, 0.15) is 10.7 Å². The van der Waals surface area contributed by atoms with Gasteiger partial charge in [-0.1, -0.05) is 18.2 Å². The number of aliphatic imine (C=N–C) groups is 1. The molecule has 0 N–H and O–H groups in total. The number of allylic oxidation sites excluding steroid dienone is 2. The molecule has 2 heterocycles. The maximum atomic E-state index is 13.2. The second-order valence-corrected chi connectivity index (χ2v) is 9.00. The summed E-state index contributed by atoms with van der Waals surface area (Å²) in [4.78, 5) is 6.89. The summed E-state index contributed by atoms with van der Waals surface area (Å²) in [6, 6.07) is 13.5. The van der Waals surface area contributed by atoms with Crippen molar-refractivity contribution in [3.8, 4) is 5.75 Å². The Kier molecular flexibility index (Phi) is 4.92. The van der Waals surface area contributed by atoms with E-state index in [1.807, 2.05) is 54.4 Å². The van der Waals surface area contributed by atoms with Gasteiger partial charge >= 0.3 is 0 Å². The highest BCUT2D eigenvalue weighted by molar-refractivity contribution is 7.97. The lowest BCUT2D eigenvalue weighted by Gasteiger charge is -2.26. The molecule has 2 aromatic carbocycles. The number of rotatable bonds is 4. The third-order valence-electron chi connectivity index (χ3n) is 5.14. The van der Waals surface area contributed by atoms with Crippen LogP contribution in [0.1, 0.15) is 11.1 Å². The van der Waals surface area contributed by atoms with Gasteiger partial charge in [0.25, 0.3) is 10.0 Å². The zero-order chi connectivity index (χ0) is 20.6. The maximum absolute atomic E-state index is 13.2. The van der Waals surface area contributed by atoms with Gasteiger partial charge in [-0.15, -0.1) is 0 Å². The van der Waals surface area contributed by atoms with E-state index in [1.165, 1.54) is 4.31 Å². The Balaban J connectivity index is 1.69. The monoisotopic (exact) mass is 409 g/mol. The number of ether oxygens (including phenoxy) is 1. The summed E-state index contributed by atoms with van der Waals surface area (Å²) in [7, 11) is -0.482. The number of amidine groups is 1. The SMILES string of the molecule is COc1ccc(CCN2C=CC=C3C2=Nc2cc(C)ccc2N(C)S3(=O)=O)cc1. The van der Waals surface area contributed by atoms with Gasteiger partial charge in [0.15, 0.2) is 5.84 Å². The van der Waals surface area contributed by atoms with E-state index in [-0.39, 0.29) is 4.91 Å². The number of fused-ring (bicyclic) bond motifs is 2. The molecule has 0 unspecified atom stereocenters. The Labute approximate surface area is 171 Å². The molecular formula is C22H23N3O3S. The van der Waals surface area contributed by atoms with Crippen LogP contribution in [0, 0.1) is 6.92 Å². The van der Waals surface area contributed by atoms with Gasteiger partial charge in [0, 0.05) is 19.8 Å². The number of sulfonamides is 1. The van der Waals surface area contributed by atoms with Crippen molar-refractivity contribution in [3.05, 3.63) is 76.8 Å². The molecule has 0 atom stereocenters. The Morgan fingerprint density at radius 2 is 1.86 bits per heavy atom. The van der Waals surface area contributed by atoms with Gasteiger partial charge < -0.3 is 9.64 Å². The predicted octanol–water partition coefficient (Wildman–Crippen LogP) is 3.77. The van der Waals surface area contributed by atoms with E-state index in [1.54, 1.807) is 32.4 Å². The van der Waals surface area contributed by atoms with E-state index in [0.29, 0.717) is 23.8 Å². The lowest BCUT2D eigenvalue weighted by Crippen LogP contribution is -2.37. The zero-order valence-electron chi connectivity index (χ0n) is 16.7. The Morgan fingerprint density at radius 3 is 2.59 bits per heavy atom. The molecule has 2 aliphatic rings. The summed E-state index contributed by atoms with van der Waals surface area (Å²) in [6.07, 6.45) is 6.00. The zero-order valence-corrected chi connectivity index (χ0v) is 17.5. The number of aryl methyl sites for hydroxylation is 1. The summed E-state index contributed by atoms with van der Waals surface area (Å²) in [5.74, 6) is 1.27. The summed E-state index contributed by atoms with van der Waals surface area (Å²) < 4.78 is 32.9. The highest BCUT2D eigenvalue weighted by Gasteiger charge is 2.35. The minimum absolute atomic E-state index is 0.214. The number of hydrogen-bond donors (Lipinski definition) is 0. The van der Waals surface area contributed by atoms with Crippen LogP contribution in [0.2, 0.25) is 0 Å². The van der Waals surface area contributed by atoms with Crippen LogP contribution in [0.15, 0.2) is 70.7 Å². The second kappa shape index (κ2) is 7.40. The summed E-state index contributed by atoms with van der Waals surface area (Å²) in [6.45, 7) is 2.58. The molecule has 2 aliphatic heterocycles. The van der Waals surface area contributed by atoms with Gasteiger partial charge in [-0.3, -0.25) is 4.31 Å². The van der Waals surface area contributed by atoms with Crippen molar-refractivity contribution in [1.29, 1.82) is 0 Å². The van der Waals surface area contributed by atoms with E-state index in [4.69, 9.17) is 9.73 Å². The number of anilines is 1. The number of hydrogen-bond acceptors (Lipinski definition) is 5. The summed E-state index contributed by atoms with van der Waals surface area (Å²) in [5, 5.41) is 0. The Morgan fingerprint density at radius 1 is 1.10 bits per heavy atom. The first-order valence-electron chi connectivity index (χ1n) is 9.37. The molecule has 0 bridgehead atoms. The molecule has 0 saturated carbocycles. The number of nitrogens with zero attached hydrogens (tertiary/aromatic N) is 3. The molecule has 0 fully saturated rings. The topological polar surface area (TPSA) is 62.2 Å². The van der Waals surface area contributed by atoms with Crippen molar-refractivity contribution < 1.29 is 13.2 Å². The molecule has 0 radical (unpaired) electrons. The largest absolute Gasteiger partial charge is 0.497 e. The van der Waals surface area contributed by atoms with Crippen molar-refractivity contribution >= 4 is 27.2 Å². The third kappa shape index (κ3) is 3.53. The minimum Gasteiger partial charge on any atom is -0.497 e. The summed E-state index contributed by atoms with van der Waals surface area (Å²) in [5.41, 5.74) is 3.40. The predicted molar refractivity (Wildman–Crippen MR) is 116 cm³/mol. The number of benzene rings is 2. The standard InChI is InChI=1S/C22H23N3O3S/c1-16-6-11-20-19(15-16)23-22-21(29(26,27)24(20)2)5-4-13-25(22)14-12-17-7-9-18(28-3)10-8-17/h4-11,13,15H,12,14H2,1-3H3. The molecule has 0 amide bonds. The molecule has 2 aromatic rings. The smallest absolute Gasteiger partial charge is 0.267 e. The lowest BCUT2D eigenvalue weighted by molar-refractivity contribution is 0.414. The first-order chi connectivity index (χ1) is 13.9. The Hall–Kier alpha value is -3.06. The maximum Gasteiger partial charge on any atom is 0.267 e. The minimum atomic E-state index is -3.70. The van der Waals surface area contributed by atoms with Crippen LogP contribution in [0.4, 0.5) is 11.4 Å². The van der Waals surface area contributed by atoms with Crippen LogP contribution in [-0.4, -0.2) is 39.9 Å². The van der Waals surface area contributed by atoms with E-state index in [2.05, 4.69) is 0 Å². The first kappa shape index (κ1) is 19.3. The van der Waals surface area contributed by atoms with Crippen molar-refractivity contribution in [1.82, 2.24) is 4.90 Å². The van der Waals surface area contributed by atoms with Crippen LogP contribution in [0.5, 0.6) is 5.75 Å². The molecule has 7 heteroatoms. The molecular weight excluding hydrogens is 386 g/mol. The fourth-order valence-electron chi connectivity index (χ4n) is 3.44. The van der Waals surface area contributed by atoms with Crippen LogP contribution in [0.3, 0.4) is 0 Å². The molecule has 29 heavy (non-hydrogen) atoms. The van der Waals surface area contributed by atoms with Crippen molar-refractivity contribution in [3.63, 3.8) is 0 Å². The fraction of sp³-hybridized carbons (Fsp3) is 0.227. The van der Waals surface area contributed by atoms with Gasteiger partial charge in [-0.05, 0) is 60.9 Å². The van der Waals surface area contributed by atoms with Gasteiger partial charge in [-0.2, -0.15) is 0 Å². The van der Waals surface area contributed by atoms with E-state index >= 15 is 0 Å². The molecule has 6 nitrogen and oxygen atoms in total. The number of methoxy groups -OCH3 is 1. The fourth-order valence-corrected chi connectivity index (χ4v) is 4.80. The summed E-state index contributed by atoms with van der Waals surface area (Å²) >= 11 is 0. The van der Waals surface area contributed by atoms with Gasteiger partial charge in [-0.25, -0.2) is 13.4 Å². The van der Waals surface area contributed by atoms with E-state index in [0.717, 1.165) is 23.3 Å². The normalized spacial score (nSPS) is 17.1. The molecule has 0 saturated heterocycles. The molecule has 4 rings (SSSR count). The third-order valence-corrected chi connectivity index (χ3v) is 6.93.